The van der Waals surface area contributed by atoms with Crippen LogP contribution in [0, 0.1) is 0 Å². The Hall–Kier alpha value is -4.40. The van der Waals surface area contributed by atoms with Crippen LogP contribution in [0.3, 0.4) is 0 Å². The van der Waals surface area contributed by atoms with Gasteiger partial charge in [0.1, 0.15) is 6.04 Å². The Bertz CT molecular complexity index is 1540. The summed E-state index contributed by atoms with van der Waals surface area (Å²) in [5.74, 6) is -0.174. The van der Waals surface area contributed by atoms with Gasteiger partial charge in [0.2, 0.25) is 5.91 Å². The average Bonchev–Trinajstić information content (AvgIpc) is 3.05. The topological polar surface area (TPSA) is 124 Å². The van der Waals surface area contributed by atoms with Gasteiger partial charge in [-0.25, -0.2) is 9.97 Å². The zero-order valence-corrected chi connectivity index (χ0v) is 27.3. The molecule has 0 aliphatic rings. The molecule has 8 nitrogen and oxygen atoms in total. The van der Waals surface area contributed by atoms with Crippen molar-refractivity contribution in [2.45, 2.75) is 84.0 Å². The third-order valence-corrected chi connectivity index (χ3v) is 8.00. The molecule has 0 unspecified atom stereocenters. The second-order valence-electron chi connectivity index (χ2n) is 12.8. The van der Waals surface area contributed by atoms with Crippen molar-refractivity contribution in [3.05, 3.63) is 107 Å². The van der Waals surface area contributed by atoms with E-state index in [9.17, 15) is 19.8 Å². The average molecular weight is 623 g/mol. The highest BCUT2D eigenvalue weighted by atomic mass is 16.5. The van der Waals surface area contributed by atoms with Crippen LogP contribution in [-0.2, 0) is 23.1 Å². The monoisotopic (exact) mass is 622 g/mol. The molecule has 242 valence electrons. The normalized spacial score (nSPS) is 12.2. The zero-order chi connectivity index (χ0) is 33.1. The van der Waals surface area contributed by atoms with Crippen LogP contribution >= 0.6 is 0 Å². The maximum atomic E-state index is 13.1. The second-order valence-corrected chi connectivity index (χ2v) is 12.8. The van der Waals surface area contributed by atoms with Crippen LogP contribution in [0.15, 0.2) is 85.2 Å². The molecule has 46 heavy (non-hydrogen) atoms. The molecule has 0 saturated carbocycles. The molecule has 1 heterocycles. The van der Waals surface area contributed by atoms with Crippen molar-refractivity contribution >= 4 is 11.8 Å². The van der Waals surface area contributed by atoms with E-state index in [2.05, 4.69) is 72.6 Å². The molecule has 3 aromatic carbocycles. The Balaban J connectivity index is 1.43. The van der Waals surface area contributed by atoms with Gasteiger partial charge in [0, 0.05) is 48.5 Å². The summed E-state index contributed by atoms with van der Waals surface area (Å²) in [7, 11) is 0. The van der Waals surface area contributed by atoms with E-state index in [1.165, 1.54) is 24.8 Å². The highest BCUT2D eigenvalue weighted by Crippen LogP contribution is 2.24. The van der Waals surface area contributed by atoms with Gasteiger partial charge in [0.05, 0.1) is 0 Å². The first kappa shape index (κ1) is 34.5. The van der Waals surface area contributed by atoms with Gasteiger partial charge in [-0.3, -0.25) is 9.59 Å². The lowest BCUT2D eigenvalue weighted by molar-refractivity contribution is -0.123. The number of nitrogens with zero attached hydrogens (tertiary/aromatic N) is 2. The van der Waals surface area contributed by atoms with Crippen LogP contribution in [0.1, 0.15) is 80.4 Å². The molecule has 0 bridgehead atoms. The maximum Gasteiger partial charge on any atom is 0.251 e. The van der Waals surface area contributed by atoms with E-state index < -0.39 is 18.2 Å². The summed E-state index contributed by atoms with van der Waals surface area (Å²) in [4.78, 5) is 35.4. The standard InChI is InChI=1S/C38H46N4O4/c1-5-6-7-8-26-9-13-28(14-10-26)31-24-40-35(41-25-31)29-15-11-27(12-16-29)23-33(37(46)39-22-21-34(43)44)42-36(45)30-17-19-32(20-18-30)38(2,3)4/h9-20,24-25,33-34,43-44H,5-8,21-23H2,1-4H3,(H,39,46)(H,42,45)/t33-/m0/s1. The van der Waals surface area contributed by atoms with E-state index in [0.29, 0.717) is 11.4 Å². The summed E-state index contributed by atoms with van der Waals surface area (Å²) in [6.07, 6.45) is 7.12. The Kier molecular flexibility index (Phi) is 12.2. The van der Waals surface area contributed by atoms with Gasteiger partial charge in [0.25, 0.3) is 5.91 Å². The minimum absolute atomic E-state index is 0.0154. The number of hydrogen-bond acceptors (Lipinski definition) is 6. The first-order valence-corrected chi connectivity index (χ1v) is 16.1. The van der Waals surface area contributed by atoms with Crippen molar-refractivity contribution < 1.29 is 19.8 Å². The van der Waals surface area contributed by atoms with E-state index in [4.69, 9.17) is 0 Å². The molecule has 0 saturated heterocycles. The predicted molar refractivity (Wildman–Crippen MR) is 182 cm³/mol. The lowest BCUT2D eigenvalue weighted by Crippen LogP contribution is -2.48. The summed E-state index contributed by atoms with van der Waals surface area (Å²) in [6.45, 7) is 8.59. The quantitative estimate of drug-likeness (QED) is 0.101. The van der Waals surface area contributed by atoms with Crippen molar-refractivity contribution in [3.63, 3.8) is 0 Å². The number of carbonyl (C=O) groups is 2. The molecule has 4 aromatic rings. The number of nitrogens with one attached hydrogen (secondary N) is 2. The van der Waals surface area contributed by atoms with Crippen LogP contribution in [0.4, 0.5) is 0 Å². The van der Waals surface area contributed by atoms with E-state index in [-0.39, 0.29) is 30.7 Å². The Morgan fingerprint density at radius 3 is 1.98 bits per heavy atom. The number of benzene rings is 3. The van der Waals surface area contributed by atoms with Gasteiger partial charge in [-0.2, -0.15) is 0 Å². The summed E-state index contributed by atoms with van der Waals surface area (Å²) < 4.78 is 0. The highest BCUT2D eigenvalue weighted by molar-refractivity contribution is 5.97. The number of hydrogen-bond donors (Lipinski definition) is 4. The molecule has 4 rings (SSSR count). The predicted octanol–water partition coefficient (Wildman–Crippen LogP) is 6.00. The smallest absolute Gasteiger partial charge is 0.251 e. The Morgan fingerprint density at radius 1 is 0.783 bits per heavy atom. The first-order valence-electron chi connectivity index (χ1n) is 16.1. The van der Waals surface area contributed by atoms with Gasteiger partial charge >= 0.3 is 0 Å². The molecule has 0 radical (unpaired) electrons. The van der Waals surface area contributed by atoms with Crippen molar-refractivity contribution in [1.29, 1.82) is 0 Å². The van der Waals surface area contributed by atoms with E-state index in [1.54, 1.807) is 12.1 Å². The number of carbonyl (C=O) groups excluding carboxylic acids is 2. The molecule has 2 amide bonds. The van der Waals surface area contributed by atoms with Crippen LogP contribution < -0.4 is 10.6 Å². The lowest BCUT2D eigenvalue weighted by Gasteiger charge is -2.21. The van der Waals surface area contributed by atoms with Gasteiger partial charge in [-0.15, -0.1) is 0 Å². The summed E-state index contributed by atoms with van der Waals surface area (Å²) >= 11 is 0. The van der Waals surface area contributed by atoms with Gasteiger partial charge < -0.3 is 20.8 Å². The molecule has 0 aliphatic heterocycles. The van der Waals surface area contributed by atoms with E-state index in [1.807, 2.05) is 48.8 Å². The molecular formula is C38H46N4O4. The second kappa shape index (κ2) is 16.2. The first-order chi connectivity index (χ1) is 22.0. The fraction of sp³-hybridized carbons (Fsp3) is 0.368. The summed E-state index contributed by atoms with van der Waals surface area (Å²) in [5.41, 5.74) is 6.55. The largest absolute Gasteiger partial charge is 0.368 e. The molecular weight excluding hydrogens is 576 g/mol. The van der Waals surface area contributed by atoms with Crippen LogP contribution in [0.25, 0.3) is 22.5 Å². The number of aliphatic hydroxyl groups excluding tert-OH is 1. The number of amides is 2. The summed E-state index contributed by atoms with van der Waals surface area (Å²) in [6, 6.07) is 22.7. The summed E-state index contributed by atoms with van der Waals surface area (Å²) in [5, 5.41) is 23.9. The number of rotatable bonds is 14. The lowest BCUT2D eigenvalue weighted by atomic mass is 9.86. The van der Waals surface area contributed by atoms with Crippen molar-refractivity contribution in [1.82, 2.24) is 20.6 Å². The van der Waals surface area contributed by atoms with Gasteiger partial charge in [-0.05, 0) is 52.6 Å². The zero-order valence-electron chi connectivity index (χ0n) is 27.3. The Morgan fingerprint density at radius 2 is 1.39 bits per heavy atom. The van der Waals surface area contributed by atoms with E-state index in [0.717, 1.165) is 34.2 Å². The number of aryl methyl sites for hydroxylation is 1. The Labute approximate surface area is 272 Å². The maximum absolute atomic E-state index is 13.1. The van der Waals surface area contributed by atoms with Crippen molar-refractivity contribution in [2.24, 2.45) is 0 Å². The SMILES string of the molecule is CCCCCc1ccc(-c2cnc(-c3ccc(C[C@H](NC(=O)c4ccc(C(C)(C)C)cc4)C(=O)NCCC(O)O)cc3)nc2)cc1. The molecule has 1 atom stereocenters. The number of aromatic nitrogens is 2. The highest BCUT2D eigenvalue weighted by Gasteiger charge is 2.23. The van der Waals surface area contributed by atoms with Crippen LogP contribution in [-0.4, -0.2) is 50.9 Å². The molecule has 0 aliphatic carbocycles. The molecule has 0 spiro atoms. The van der Waals surface area contributed by atoms with Crippen molar-refractivity contribution in [3.8, 4) is 22.5 Å². The minimum Gasteiger partial charge on any atom is -0.368 e. The molecule has 8 heteroatoms. The minimum atomic E-state index is -1.53. The van der Waals surface area contributed by atoms with E-state index >= 15 is 0 Å². The van der Waals surface area contributed by atoms with Gasteiger partial charge in [0.15, 0.2) is 12.1 Å². The molecule has 0 fully saturated rings. The molecule has 1 aromatic heterocycles. The van der Waals surface area contributed by atoms with Gasteiger partial charge in [-0.1, -0.05) is 101 Å². The van der Waals surface area contributed by atoms with Crippen LogP contribution in [0.5, 0.6) is 0 Å². The molecule has 4 N–H and O–H groups in total. The van der Waals surface area contributed by atoms with Crippen LogP contribution in [0.2, 0.25) is 0 Å². The number of aliphatic hydroxyl groups is 2. The fourth-order valence-electron chi connectivity index (χ4n) is 5.11. The third-order valence-electron chi connectivity index (χ3n) is 8.00. The third kappa shape index (κ3) is 10.1. The fourth-order valence-corrected chi connectivity index (χ4v) is 5.11. The number of unbranched alkanes of at least 4 members (excludes halogenated alkanes) is 2. The van der Waals surface area contributed by atoms with Crippen molar-refractivity contribution in [2.75, 3.05) is 6.54 Å².